The van der Waals surface area contributed by atoms with Gasteiger partial charge in [-0.25, -0.2) is 22.5 Å². The van der Waals surface area contributed by atoms with E-state index in [1.807, 2.05) is 17.8 Å². The van der Waals surface area contributed by atoms with Gasteiger partial charge in [-0.3, -0.25) is 0 Å². The lowest BCUT2D eigenvalue weighted by Gasteiger charge is -2.42. The van der Waals surface area contributed by atoms with Crippen molar-refractivity contribution >= 4 is 16.1 Å². The minimum absolute atomic E-state index is 0.207. The highest BCUT2D eigenvalue weighted by Crippen LogP contribution is 2.31. The average Bonchev–Trinajstić information content (AvgIpc) is 2.89. The maximum Gasteiger partial charge on any atom is 0.410 e. The van der Waals surface area contributed by atoms with E-state index in [-0.39, 0.29) is 13.1 Å². The van der Waals surface area contributed by atoms with Gasteiger partial charge < -0.3 is 14.2 Å². The molecule has 9 heteroatoms. The smallest absolute Gasteiger partial charge is 0.410 e. The van der Waals surface area contributed by atoms with Crippen molar-refractivity contribution < 1.29 is 17.9 Å². The van der Waals surface area contributed by atoms with Gasteiger partial charge in [-0.15, -0.1) is 0 Å². The molecule has 3 rings (SSSR count). The van der Waals surface area contributed by atoms with Gasteiger partial charge in [0, 0.05) is 51.0 Å². The third-order valence-corrected chi connectivity index (χ3v) is 7.23. The summed E-state index contributed by atoms with van der Waals surface area (Å²) in [5, 5.41) is -0.525. The molecule has 2 aliphatic heterocycles. The topological polar surface area (TPSA) is 84.7 Å². The molecule has 1 aromatic rings. The molecule has 2 saturated heterocycles. The molecule has 26 heavy (non-hydrogen) atoms. The number of aromatic nitrogens is 2. The molecule has 0 atom stereocenters. The number of likely N-dealkylation sites (tertiary alicyclic amines) is 1. The molecule has 146 valence electrons. The van der Waals surface area contributed by atoms with E-state index in [0.717, 1.165) is 18.5 Å². The molecule has 0 radical (unpaired) electrons. The van der Waals surface area contributed by atoms with E-state index < -0.39 is 27.0 Å². The van der Waals surface area contributed by atoms with Crippen LogP contribution in [0.2, 0.25) is 0 Å². The first-order valence-electron chi connectivity index (χ1n) is 9.01. The zero-order valence-electron chi connectivity index (χ0n) is 15.9. The molecule has 8 nitrogen and oxygen atoms in total. The molecule has 2 fully saturated rings. The van der Waals surface area contributed by atoms with Gasteiger partial charge in [0.2, 0.25) is 10.0 Å². The lowest BCUT2D eigenvalue weighted by molar-refractivity contribution is 0.0135. The Morgan fingerprint density at radius 3 is 2.35 bits per heavy atom. The van der Waals surface area contributed by atoms with Crippen molar-refractivity contribution in [3.8, 4) is 0 Å². The minimum atomic E-state index is -3.38. The maximum atomic E-state index is 12.8. The molecule has 3 heterocycles. The van der Waals surface area contributed by atoms with Crippen LogP contribution in [-0.4, -0.2) is 70.3 Å². The van der Waals surface area contributed by atoms with Crippen molar-refractivity contribution in [1.82, 2.24) is 18.8 Å². The summed E-state index contributed by atoms with van der Waals surface area (Å²) in [5.41, 5.74) is 0.580. The van der Waals surface area contributed by atoms with Crippen LogP contribution in [0.4, 0.5) is 4.79 Å². The van der Waals surface area contributed by atoms with Crippen LogP contribution < -0.4 is 0 Å². The number of carbonyl (C=O) groups is 1. The van der Waals surface area contributed by atoms with Crippen molar-refractivity contribution in [3.05, 3.63) is 18.2 Å². The summed E-state index contributed by atoms with van der Waals surface area (Å²) in [6.45, 7) is 6.84. The Balaban J connectivity index is 1.53. The summed E-state index contributed by atoms with van der Waals surface area (Å²) < 4.78 is 34.5. The quantitative estimate of drug-likeness (QED) is 0.789. The number of rotatable bonds is 3. The fourth-order valence-electron chi connectivity index (χ4n) is 3.48. The Labute approximate surface area is 155 Å². The highest BCUT2D eigenvalue weighted by molar-refractivity contribution is 7.89. The van der Waals surface area contributed by atoms with E-state index in [0.29, 0.717) is 19.0 Å². The lowest BCUT2D eigenvalue weighted by Crippen LogP contribution is -2.61. The number of carbonyl (C=O) groups excluding carboxylic acids is 1. The zero-order valence-corrected chi connectivity index (χ0v) is 16.7. The second-order valence-electron chi connectivity index (χ2n) is 8.16. The maximum absolute atomic E-state index is 12.8. The van der Waals surface area contributed by atoms with Gasteiger partial charge in [0.25, 0.3) is 0 Å². The summed E-state index contributed by atoms with van der Waals surface area (Å²) in [6, 6.07) is 0. The van der Waals surface area contributed by atoms with Gasteiger partial charge in [-0.2, -0.15) is 0 Å². The van der Waals surface area contributed by atoms with E-state index in [4.69, 9.17) is 4.74 Å². The van der Waals surface area contributed by atoms with Gasteiger partial charge in [0.05, 0.1) is 6.33 Å². The van der Waals surface area contributed by atoms with Crippen LogP contribution in [0, 0.1) is 0 Å². The molecule has 2 aliphatic rings. The van der Waals surface area contributed by atoms with Crippen LogP contribution in [0.1, 0.15) is 45.2 Å². The molecule has 1 amide bonds. The standard InChI is InChI=1S/C17H28N4O4S/c1-17(2,3)25-16(22)20-10-14(11-20)26(23,24)21-7-5-13(6-8-21)15-9-18-12-19(15)4/h9,12-14H,5-8,10-11H2,1-4H3. The van der Waals surface area contributed by atoms with E-state index in [1.54, 1.807) is 31.4 Å². The predicted octanol–water partition coefficient (Wildman–Crippen LogP) is 1.55. The molecular formula is C17H28N4O4S. The van der Waals surface area contributed by atoms with E-state index >= 15 is 0 Å². The largest absolute Gasteiger partial charge is 0.444 e. The van der Waals surface area contributed by atoms with E-state index in [2.05, 4.69) is 4.98 Å². The van der Waals surface area contributed by atoms with Gasteiger partial charge in [-0.1, -0.05) is 0 Å². The van der Waals surface area contributed by atoms with Gasteiger partial charge in [-0.05, 0) is 33.6 Å². The molecule has 0 aromatic carbocycles. The second kappa shape index (κ2) is 6.84. The third kappa shape index (κ3) is 3.88. The molecule has 0 aliphatic carbocycles. The number of ether oxygens (including phenoxy) is 1. The van der Waals surface area contributed by atoms with Crippen molar-refractivity contribution in [1.29, 1.82) is 0 Å². The fraction of sp³-hybridized carbons (Fsp3) is 0.765. The van der Waals surface area contributed by atoms with Crippen molar-refractivity contribution in [2.45, 2.75) is 50.4 Å². The molecule has 0 unspecified atom stereocenters. The van der Waals surface area contributed by atoms with Crippen LogP contribution >= 0.6 is 0 Å². The number of aryl methyl sites for hydroxylation is 1. The summed E-state index contributed by atoms with van der Waals surface area (Å²) in [4.78, 5) is 17.6. The van der Waals surface area contributed by atoms with Crippen LogP contribution in [0.15, 0.2) is 12.5 Å². The van der Waals surface area contributed by atoms with Crippen LogP contribution in [-0.2, 0) is 21.8 Å². The zero-order chi connectivity index (χ0) is 19.1. The molecular weight excluding hydrogens is 356 g/mol. The monoisotopic (exact) mass is 384 g/mol. The number of nitrogens with zero attached hydrogens (tertiary/aromatic N) is 4. The van der Waals surface area contributed by atoms with Crippen LogP contribution in [0.25, 0.3) is 0 Å². The molecule has 1 aromatic heterocycles. The number of imidazole rings is 1. The van der Waals surface area contributed by atoms with Crippen molar-refractivity contribution in [3.63, 3.8) is 0 Å². The Kier molecular flexibility index (Phi) is 5.04. The summed E-state index contributed by atoms with van der Waals surface area (Å²) in [6.07, 6.45) is 4.78. The Bertz CT molecular complexity index is 754. The highest BCUT2D eigenvalue weighted by atomic mass is 32.2. The van der Waals surface area contributed by atoms with E-state index in [1.165, 1.54) is 4.90 Å². The van der Waals surface area contributed by atoms with Crippen LogP contribution in [0.5, 0.6) is 0 Å². The molecule has 0 N–H and O–H groups in total. The first-order valence-corrected chi connectivity index (χ1v) is 10.5. The Hall–Kier alpha value is -1.61. The van der Waals surface area contributed by atoms with Crippen molar-refractivity contribution in [2.75, 3.05) is 26.2 Å². The summed E-state index contributed by atoms with van der Waals surface area (Å²) >= 11 is 0. The van der Waals surface area contributed by atoms with Gasteiger partial charge in [0.1, 0.15) is 10.9 Å². The summed E-state index contributed by atoms with van der Waals surface area (Å²) in [7, 11) is -1.41. The normalized spacial score (nSPS) is 20.8. The number of hydrogen-bond donors (Lipinski definition) is 0. The summed E-state index contributed by atoms with van der Waals surface area (Å²) in [5.74, 6) is 0.341. The molecule has 0 saturated carbocycles. The number of piperidine rings is 1. The minimum Gasteiger partial charge on any atom is -0.444 e. The van der Waals surface area contributed by atoms with E-state index in [9.17, 15) is 13.2 Å². The second-order valence-corrected chi connectivity index (χ2v) is 10.4. The van der Waals surface area contributed by atoms with Gasteiger partial charge in [0.15, 0.2) is 0 Å². The third-order valence-electron chi connectivity index (χ3n) is 5.01. The SMILES string of the molecule is Cn1cncc1C1CCN(S(=O)(=O)C2CN(C(=O)OC(C)(C)C)C2)CC1. The van der Waals surface area contributed by atoms with Crippen LogP contribution in [0.3, 0.4) is 0 Å². The average molecular weight is 385 g/mol. The first-order chi connectivity index (χ1) is 12.1. The molecule has 0 spiro atoms. The van der Waals surface area contributed by atoms with Crippen molar-refractivity contribution in [2.24, 2.45) is 7.05 Å². The lowest BCUT2D eigenvalue weighted by atomic mass is 9.95. The highest BCUT2D eigenvalue weighted by Gasteiger charge is 2.44. The Morgan fingerprint density at radius 1 is 1.23 bits per heavy atom. The molecule has 0 bridgehead atoms. The fourth-order valence-corrected chi connectivity index (χ4v) is 5.36. The number of amides is 1. The number of sulfonamides is 1. The first kappa shape index (κ1) is 19.2. The van der Waals surface area contributed by atoms with Gasteiger partial charge >= 0.3 is 6.09 Å². The predicted molar refractivity (Wildman–Crippen MR) is 97.3 cm³/mol. The Morgan fingerprint density at radius 2 is 1.85 bits per heavy atom. The number of hydrogen-bond acceptors (Lipinski definition) is 5.